The zero-order chi connectivity index (χ0) is 40.2. The highest BCUT2D eigenvalue weighted by Gasteiger charge is 2.35. The predicted octanol–water partition coefficient (Wildman–Crippen LogP) is -1.18. The summed E-state index contributed by atoms with van der Waals surface area (Å²) in [4.78, 5) is 88.1. The molecule has 13 N–H and O–H groups in total. The quantitative estimate of drug-likeness (QED) is 0.0552. The molecule has 5 amide bonds. The van der Waals surface area contributed by atoms with Crippen molar-refractivity contribution in [1.82, 2.24) is 31.9 Å². The molecular weight excluding hydrogens is 704 g/mol. The van der Waals surface area contributed by atoms with Gasteiger partial charge < -0.3 is 58.7 Å². The van der Waals surface area contributed by atoms with Gasteiger partial charge in [0.25, 0.3) is 0 Å². The van der Waals surface area contributed by atoms with Gasteiger partial charge in [0.05, 0.1) is 30.9 Å². The van der Waals surface area contributed by atoms with E-state index in [2.05, 4.69) is 31.9 Å². The van der Waals surface area contributed by atoms with Crippen LogP contribution in [-0.2, 0) is 33.6 Å². The number of aliphatic hydroxyl groups is 1. The normalized spacial score (nSPS) is 22.2. The van der Waals surface area contributed by atoms with Gasteiger partial charge in [0.1, 0.15) is 0 Å². The van der Waals surface area contributed by atoms with Gasteiger partial charge in [-0.25, -0.2) is 0 Å². The Morgan fingerprint density at radius 3 is 1.91 bits per heavy atom. The molecule has 1 aliphatic carbocycles. The van der Waals surface area contributed by atoms with Crippen molar-refractivity contribution in [3.63, 3.8) is 0 Å². The van der Waals surface area contributed by atoms with Crippen molar-refractivity contribution in [2.75, 3.05) is 26.2 Å². The van der Waals surface area contributed by atoms with Crippen molar-refractivity contribution < 1.29 is 48.9 Å². The van der Waals surface area contributed by atoms with Gasteiger partial charge in [-0.3, -0.25) is 33.6 Å². The van der Waals surface area contributed by atoms with Crippen LogP contribution in [0.3, 0.4) is 0 Å². The minimum Gasteiger partial charge on any atom is -0.481 e. The molecule has 0 spiro atoms. The van der Waals surface area contributed by atoms with Gasteiger partial charge in [0.2, 0.25) is 29.5 Å². The zero-order valence-corrected chi connectivity index (χ0v) is 31.8. The number of carboxylic acids is 2. The van der Waals surface area contributed by atoms with Crippen molar-refractivity contribution in [3.8, 4) is 0 Å². The molecule has 0 bridgehead atoms. The SMILES string of the molecule is CC(C)C[C@@H](CC(=O)N[C@@H](CCC(=O)O)CC(=O)O)NC(=O)[C@@H]1CNCC[C@H]1NC(=O)C[C@H](CCCN)NC(=O)C[C@H](CO)NC(=O)[C@@H]1CCCC[C@H]1N. The van der Waals surface area contributed by atoms with Gasteiger partial charge in [0, 0.05) is 62.4 Å². The van der Waals surface area contributed by atoms with Crippen LogP contribution in [0, 0.1) is 17.8 Å². The lowest BCUT2D eigenvalue weighted by atomic mass is 9.84. The highest BCUT2D eigenvalue weighted by Crippen LogP contribution is 2.23. The number of hydrogen-bond acceptors (Lipinski definition) is 11. The summed E-state index contributed by atoms with van der Waals surface area (Å²) in [7, 11) is 0. The summed E-state index contributed by atoms with van der Waals surface area (Å²) in [6.45, 7) is 4.54. The molecule has 0 aromatic rings. The summed E-state index contributed by atoms with van der Waals surface area (Å²) >= 11 is 0. The fraction of sp³-hybridized carbons (Fsp3) is 0.806. The standard InChI is InChI=1S/C36H64N8O10/c1-21(2)14-24(16-30(46)41-23(18-34(51)52)9-10-33(49)50)42-36(54)27-19-39-13-11-29(27)44-32(48)15-22(6-5-12-37)40-31(47)17-25(20-45)43-35(53)26-7-3-4-8-28(26)38/h21-29,39,45H,3-20,37-38H2,1-2H3,(H,40,47)(H,41,46)(H,42,54)(H,43,53)(H,44,48)(H,49,50)(H,51,52)/t22-,23-,24-,25+,26+,27+,28+,29+/m0/s1. The topological polar surface area (TPSA) is 304 Å². The summed E-state index contributed by atoms with van der Waals surface area (Å²) in [6, 6.07) is -3.72. The maximum absolute atomic E-state index is 13.6. The predicted molar refractivity (Wildman–Crippen MR) is 198 cm³/mol. The van der Waals surface area contributed by atoms with E-state index in [0.717, 1.165) is 19.3 Å². The first kappa shape index (κ1) is 46.3. The molecule has 2 fully saturated rings. The number of carbonyl (C=O) groups is 7. The second-order valence-corrected chi connectivity index (χ2v) is 15.2. The lowest BCUT2D eigenvalue weighted by Crippen LogP contribution is -2.57. The summed E-state index contributed by atoms with van der Waals surface area (Å²) in [5.74, 6) is -5.28. The van der Waals surface area contributed by atoms with E-state index in [0.29, 0.717) is 45.2 Å². The molecule has 0 aromatic heterocycles. The van der Waals surface area contributed by atoms with E-state index in [1.54, 1.807) is 0 Å². The van der Waals surface area contributed by atoms with Crippen molar-refractivity contribution in [1.29, 1.82) is 0 Å². The van der Waals surface area contributed by atoms with Crippen molar-refractivity contribution in [3.05, 3.63) is 0 Å². The van der Waals surface area contributed by atoms with Crippen molar-refractivity contribution >= 4 is 41.5 Å². The molecule has 1 saturated heterocycles. The average Bonchev–Trinajstić information content (AvgIpc) is 3.08. The van der Waals surface area contributed by atoms with Crippen LogP contribution in [0.4, 0.5) is 0 Å². The van der Waals surface area contributed by atoms with Gasteiger partial charge in [-0.2, -0.15) is 0 Å². The molecule has 18 heteroatoms. The smallest absolute Gasteiger partial charge is 0.305 e. The van der Waals surface area contributed by atoms with Gasteiger partial charge in [0.15, 0.2) is 0 Å². The summed E-state index contributed by atoms with van der Waals surface area (Å²) in [5.41, 5.74) is 11.8. The van der Waals surface area contributed by atoms with Crippen LogP contribution in [-0.4, -0.2) is 119 Å². The van der Waals surface area contributed by atoms with Crippen LogP contribution < -0.4 is 43.4 Å². The monoisotopic (exact) mass is 768 g/mol. The number of nitrogens with one attached hydrogen (secondary N) is 6. The average molecular weight is 769 g/mol. The van der Waals surface area contributed by atoms with E-state index in [4.69, 9.17) is 16.6 Å². The van der Waals surface area contributed by atoms with Gasteiger partial charge >= 0.3 is 11.9 Å². The highest BCUT2D eigenvalue weighted by molar-refractivity contribution is 5.85. The van der Waals surface area contributed by atoms with E-state index in [1.807, 2.05) is 13.8 Å². The molecule has 1 saturated carbocycles. The Bertz CT molecular complexity index is 1250. The molecular formula is C36H64N8O10. The Balaban J connectivity index is 2.01. The van der Waals surface area contributed by atoms with Crippen LogP contribution in [0.1, 0.15) is 104 Å². The Kier molecular flexibility index (Phi) is 21.0. The largest absolute Gasteiger partial charge is 0.481 e. The Labute approximate surface area is 317 Å². The molecule has 308 valence electrons. The van der Waals surface area contributed by atoms with Crippen LogP contribution in [0.25, 0.3) is 0 Å². The number of piperidine rings is 1. The molecule has 0 aromatic carbocycles. The molecule has 54 heavy (non-hydrogen) atoms. The lowest BCUT2D eigenvalue weighted by molar-refractivity contribution is -0.140. The number of rotatable bonds is 24. The Morgan fingerprint density at radius 2 is 1.31 bits per heavy atom. The first-order chi connectivity index (χ1) is 25.6. The highest BCUT2D eigenvalue weighted by atomic mass is 16.4. The molecule has 8 atom stereocenters. The van der Waals surface area contributed by atoms with E-state index in [1.165, 1.54) is 0 Å². The third kappa shape index (κ3) is 18.0. The number of aliphatic carboxylic acids is 2. The van der Waals surface area contributed by atoms with E-state index in [-0.39, 0.29) is 74.2 Å². The van der Waals surface area contributed by atoms with Crippen molar-refractivity contribution in [2.45, 2.75) is 140 Å². The Morgan fingerprint density at radius 1 is 0.722 bits per heavy atom. The molecule has 1 aliphatic heterocycles. The molecule has 2 rings (SSSR count). The molecule has 0 unspecified atom stereocenters. The third-order valence-electron chi connectivity index (χ3n) is 9.90. The van der Waals surface area contributed by atoms with E-state index >= 15 is 0 Å². The fourth-order valence-corrected chi connectivity index (χ4v) is 7.17. The number of nitrogens with two attached hydrogens (primary N) is 2. The van der Waals surface area contributed by atoms with Gasteiger partial charge in [-0.15, -0.1) is 0 Å². The van der Waals surface area contributed by atoms with Crippen LogP contribution >= 0.6 is 0 Å². The maximum atomic E-state index is 13.6. The van der Waals surface area contributed by atoms with E-state index < -0.39 is 72.9 Å². The molecule has 18 nitrogen and oxygen atoms in total. The molecule has 0 radical (unpaired) electrons. The number of aliphatic hydroxyl groups excluding tert-OH is 1. The first-order valence-corrected chi connectivity index (χ1v) is 19.3. The molecule has 1 heterocycles. The van der Waals surface area contributed by atoms with Crippen LogP contribution in [0.2, 0.25) is 0 Å². The van der Waals surface area contributed by atoms with Gasteiger partial charge in [-0.1, -0.05) is 26.7 Å². The number of carboxylic acid groups (broad SMARTS) is 2. The van der Waals surface area contributed by atoms with E-state index in [9.17, 15) is 43.8 Å². The van der Waals surface area contributed by atoms with Crippen molar-refractivity contribution in [2.24, 2.45) is 29.2 Å². The number of carbonyl (C=O) groups excluding carboxylic acids is 5. The minimum absolute atomic E-state index is 0.0577. The van der Waals surface area contributed by atoms with Crippen LogP contribution in [0.5, 0.6) is 0 Å². The summed E-state index contributed by atoms with van der Waals surface area (Å²) in [6.07, 6.45) is 3.80. The summed E-state index contributed by atoms with van der Waals surface area (Å²) < 4.78 is 0. The lowest BCUT2D eigenvalue weighted by Gasteiger charge is -2.33. The van der Waals surface area contributed by atoms with Gasteiger partial charge in [-0.05, 0) is 64.0 Å². The second-order valence-electron chi connectivity index (χ2n) is 15.2. The van der Waals surface area contributed by atoms with Crippen LogP contribution in [0.15, 0.2) is 0 Å². The maximum Gasteiger partial charge on any atom is 0.305 e. The number of amides is 5. The third-order valence-corrected chi connectivity index (χ3v) is 9.90. The first-order valence-electron chi connectivity index (χ1n) is 19.3. The zero-order valence-electron chi connectivity index (χ0n) is 31.8. The second kappa shape index (κ2) is 24.5. The number of hydrogen-bond donors (Lipinski definition) is 11. The Hall–Kier alpha value is -3.87. The minimum atomic E-state index is -1.18. The summed E-state index contributed by atoms with van der Waals surface area (Å²) in [5, 5.41) is 45.4. The molecule has 2 aliphatic rings. The fourth-order valence-electron chi connectivity index (χ4n) is 7.17.